The lowest BCUT2D eigenvalue weighted by Crippen LogP contribution is -2.42. The summed E-state index contributed by atoms with van der Waals surface area (Å²) in [4.78, 5) is 14.0. The lowest BCUT2D eigenvalue weighted by molar-refractivity contribution is 0.0651. The zero-order valence-electron chi connectivity index (χ0n) is 12.3. The Hall–Kier alpha value is -1.44. The number of hydrogen-bond donors (Lipinski definition) is 1. The van der Waals surface area contributed by atoms with Gasteiger partial charge in [0, 0.05) is 31.8 Å². The third-order valence-electron chi connectivity index (χ3n) is 4.08. The second-order valence-corrected chi connectivity index (χ2v) is 7.42. The zero-order valence-corrected chi connectivity index (χ0v) is 13.1. The van der Waals surface area contributed by atoms with Crippen molar-refractivity contribution in [2.45, 2.75) is 30.3 Å². The summed E-state index contributed by atoms with van der Waals surface area (Å²) in [5, 5.41) is 0. The number of hydrogen-bond acceptors (Lipinski definition) is 4. The van der Waals surface area contributed by atoms with Crippen LogP contribution in [0.5, 0.6) is 0 Å². The lowest BCUT2D eigenvalue weighted by atomic mass is 10.1. The van der Waals surface area contributed by atoms with Crippen LogP contribution in [0.3, 0.4) is 0 Å². The van der Waals surface area contributed by atoms with Gasteiger partial charge >= 0.3 is 0 Å². The molecule has 120 valence electrons. The number of carbonyl (C=O) groups excluding carboxylic acids is 1. The van der Waals surface area contributed by atoms with E-state index in [2.05, 4.69) is 4.72 Å². The van der Waals surface area contributed by atoms with Gasteiger partial charge in [-0.2, -0.15) is 0 Å². The summed E-state index contributed by atoms with van der Waals surface area (Å²) in [6.07, 6.45) is 2.85. The van der Waals surface area contributed by atoms with Crippen LogP contribution in [0.2, 0.25) is 0 Å². The molecule has 1 aromatic rings. The maximum Gasteiger partial charge on any atom is 0.253 e. The molecule has 0 aromatic heterocycles. The molecule has 22 heavy (non-hydrogen) atoms. The molecule has 7 heteroatoms. The number of carbonyl (C=O) groups is 1. The Balaban J connectivity index is 1.64. The van der Waals surface area contributed by atoms with Gasteiger partial charge in [0.1, 0.15) is 0 Å². The van der Waals surface area contributed by atoms with Crippen molar-refractivity contribution in [3.05, 3.63) is 29.8 Å². The number of amides is 1. The smallest absolute Gasteiger partial charge is 0.253 e. The summed E-state index contributed by atoms with van der Waals surface area (Å²) in [6, 6.07) is 6.10. The average Bonchev–Trinajstić information content (AvgIpc) is 2.97. The summed E-state index contributed by atoms with van der Waals surface area (Å²) in [5.74, 6) is -0.0393. The third kappa shape index (κ3) is 3.31. The number of rotatable bonds is 5. The van der Waals surface area contributed by atoms with Crippen LogP contribution in [0.1, 0.15) is 29.6 Å². The highest BCUT2D eigenvalue weighted by Gasteiger charge is 2.23. The molecule has 0 aliphatic carbocycles. The SMILES string of the molecule is O=C(c1ccc(S(=O)(=O)NCC2CCCO2)cc1)N1CCC1. The van der Waals surface area contributed by atoms with Gasteiger partial charge in [0.15, 0.2) is 0 Å². The second kappa shape index (κ2) is 6.36. The summed E-state index contributed by atoms with van der Waals surface area (Å²) >= 11 is 0. The van der Waals surface area contributed by atoms with E-state index in [9.17, 15) is 13.2 Å². The summed E-state index contributed by atoms with van der Waals surface area (Å²) in [5.41, 5.74) is 0.526. The normalized spacial score (nSPS) is 21.6. The minimum atomic E-state index is -3.56. The number of sulfonamides is 1. The van der Waals surface area contributed by atoms with E-state index in [4.69, 9.17) is 4.74 Å². The standard InChI is InChI=1S/C15H20N2O4S/c18-15(17-8-2-9-17)12-4-6-14(7-5-12)22(19,20)16-11-13-3-1-10-21-13/h4-7,13,16H,1-3,8-11H2. The van der Waals surface area contributed by atoms with E-state index in [0.29, 0.717) is 12.2 Å². The molecule has 0 bridgehead atoms. The van der Waals surface area contributed by atoms with Crippen molar-refractivity contribution in [1.29, 1.82) is 0 Å². The van der Waals surface area contributed by atoms with Crippen LogP contribution in [-0.4, -0.2) is 51.6 Å². The fraction of sp³-hybridized carbons (Fsp3) is 0.533. The van der Waals surface area contributed by atoms with Gasteiger partial charge in [0.2, 0.25) is 10.0 Å². The summed E-state index contributed by atoms with van der Waals surface area (Å²) in [6.45, 7) is 2.54. The van der Waals surface area contributed by atoms with Crippen LogP contribution >= 0.6 is 0 Å². The molecule has 0 spiro atoms. The van der Waals surface area contributed by atoms with Crippen molar-refractivity contribution in [3.63, 3.8) is 0 Å². The van der Waals surface area contributed by atoms with E-state index in [-0.39, 0.29) is 23.5 Å². The van der Waals surface area contributed by atoms with Gasteiger partial charge in [-0.05, 0) is 43.5 Å². The van der Waals surface area contributed by atoms with Crippen LogP contribution < -0.4 is 4.72 Å². The van der Waals surface area contributed by atoms with Crippen molar-refractivity contribution >= 4 is 15.9 Å². The van der Waals surface area contributed by atoms with Crippen LogP contribution in [0.4, 0.5) is 0 Å². The molecule has 6 nitrogen and oxygen atoms in total. The Morgan fingerprint density at radius 3 is 2.50 bits per heavy atom. The number of ether oxygens (including phenoxy) is 1. The first-order valence-electron chi connectivity index (χ1n) is 7.57. The van der Waals surface area contributed by atoms with Crippen molar-refractivity contribution in [3.8, 4) is 0 Å². The minimum Gasteiger partial charge on any atom is -0.377 e. The Labute approximate surface area is 130 Å². The number of nitrogens with one attached hydrogen (secondary N) is 1. The fourth-order valence-corrected chi connectivity index (χ4v) is 3.64. The van der Waals surface area contributed by atoms with Gasteiger partial charge in [-0.3, -0.25) is 4.79 Å². The summed E-state index contributed by atoms with van der Waals surface area (Å²) in [7, 11) is -3.56. The van der Waals surface area contributed by atoms with Gasteiger partial charge in [-0.1, -0.05) is 0 Å². The highest BCUT2D eigenvalue weighted by molar-refractivity contribution is 7.89. The van der Waals surface area contributed by atoms with Crippen LogP contribution in [0, 0.1) is 0 Å². The molecular formula is C15H20N2O4S. The number of nitrogens with zero attached hydrogens (tertiary/aromatic N) is 1. The van der Waals surface area contributed by atoms with Crippen molar-refractivity contribution in [2.24, 2.45) is 0 Å². The third-order valence-corrected chi connectivity index (χ3v) is 5.52. The van der Waals surface area contributed by atoms with Crippen LogP contribution in [-0.2, 0) is 14.8 Å². The van der Waals surface area contributed by atoms with E-state index in [1.165, 1.54) is 12.1 Å². The Kier molecular flexibility index (Phi) is 4.46. The molecule has 1 aromatic carbocycles. The average molecular weight is 324 g/mol. The Bertz CT molecular complexity index is 632. The number of likely N-dealkylation sites (tertiary alicyclic amines) is 1. The molecule has 1 atom stereocenters. The first kappa shape index (κ1) is 15.5. The van der Waals surface area contributed by atoms with Crippen molar-refractivity contribution < 1.29 is 17.9 Å². The van der Waals surface area contributed by atoms with E-state index < -0.39 is 10.0 Å². The maximum atomic E-state index is 12.2. The molecule has 1 amide bonds. The predicted octanol–water partition coefficient (Wildman–Crippen LogP) is 0.990. The number of benzene rings is 1. The molecule has 2 heterocycles. The highest BCUT2D eigenvalue weighted by atomic mass is 32.2. The first-order chi connectivity index (χ1) is 10.6. The molecule has 2 aliphatic rings. The van der Waals surface area contributed by atoms with Gasteiger partial charge in [-0.25, -0.2) is 13.1 Å². The lowest BCUT2D eigenvalue weighted by Gasteiger charge is -2.30. The molecular weight excluding hydrogens is 304 g/mol. The van der Waals surface area contributed by atoms with Gasteiger partial charge < -0.3 is 9.64 Å². The Morgan fingerprint density at radius 1 is 1.23 bits per heavy atom. The topological polar surface area (TPSA) is 75.7 Å². The molecule has 3 rings (SSSR count). The molecule has 2 aliphatic heterocycles. The second-order valence-electron chi connectivity index (χ2n) is 5.66. The summed E-state index contributed by atoms with van der Waals surface area (Å²) < 4.78 is 32.4. The molecule has 2 saturated heterocycles. The Morgan fingerprint density at radius 2 is 1.95 bits per heavy atom. The predicted molar refractivity (Wildman–Crippen MR) is 81.1 cm³/mol. The molecule has 0 radical (unpaired) electrons. The van der Waals surface area contributed by atoms with E-state index in [1.807, 2.05) is 0 Å². The van der Waals surface area contributed by atoms with Crippen LogP contribution in [0.15, 0.2) is 29.2 Å². The molecule has 1 unspecified atom stereocenters. The minimum absolute atomic E-state index is 0.0393. The monoisotopic (exact) mass is 324 g/mol. The van der Waals surface area contributed by atoms with E-state index >= 15 is 0 Å². The van der Waals surface area contributed by atoms with Crippen molar-refractivity contribution in [2.75, 3.05) is 26.2 Å². The molecule has 1 N–H and O–H groups in total. The maximum absolute atomic E-state index is 12.2. The van der Waals surface area contributed by atoms with Gasteiger partial charge in [0.05, 0.1) is 11.0 Å². The molecule has 0 saturated carbocycles. The first-order valence-corrected chi connectivity index (χ1v) is 9.05. The highest BCUT2D eigenvalue weighted by Crippen LogP contribution is 2.16. The van der Waals surface area contributed by atoms with Crippen LogP contribution in [0.25, 0.3) is 0 Å². The van der Waals surface area contributed by atoms with Crippen molar-refractivity contribution in [1.82, 2.24) is 9.62 Å². The van der Waals surface area contributed by atoms with Gasteiger partial charge in [0.25, 0.3) is 5.91 Å². The largest absolute Gasteiger partial charge is 0.377 e. The van der Waals surface area contributed by atoms with E-state index in [0.717, 1.165) is 32.4 Å². The van der Waals surface area contributed by atoms with Gasteiger partial charge in [-0.15, -0.1) is 0 Å². The quantitative estimate of drug-likeness (QED) is 0.876. The van der Waals surface area contributed by atoms with E-state index in [1.54, 1.807) is 17.0 Å². The zero-order chi connectivity index (χ0) is 15.6. The fourth-order valence-electron chi connectivity index (χ4n) is 2.57. The molecule has 2 fully saturated rings.